The monoisotopic (exact) mass is 346 g/mol. The van der Waals surface area contributed by atoms with Gasteiger partial charge in [0.05, 0.1) is 19.8 Å². The van der Waals surface area contributed by atoms with Crippen molar-refractivity contribution in [1.29, 1.82) is 0 Å². The van der Waals surface area contributed by atoms with E-state index in [-0.39, 0.29) is 0 Å². The van der Waals surface area contributed by atoms with Crippen molar-refractivity contribution in [3.05, 3.63) is 34.9 Å². The van der Waals surface area contributed by atoms with Crippen molar-refractivity contribution in [3.8, 4) is 0 Å². The molecular formula is C20H34N4O. The SMILES string of the molecule is CCNC(=NCC(C)N1CCOCC1)NCCc1ccc(C)cc1C. The first-order valence-corrected chi connectivity index (χ1v) is 9.50. The summed E-state index contributed by atoms with van der Waals surface area (Å²) in [6, 6.07) is 7.11. The van der Waals surface area contributed by atoms with E-state index in [0.29, 0.717) is 6.04 Å². The summed E-state index contributed by atoms with van der Waals surface area (Å²) in [7, 11) is 0. The van der Waals surface area contributed by atoms with Crippen molar-refractivity contribution in [3.63, 3.8) is 0 Å². The van der Waals surface area contributed by atoms with E-state index in [0.717, 1.165) is 58.3 Å². The van der Waals surface area contributed by atoms with E-state index in [1.807, 2.05) is 0 Å². The average Bonchev–Trinajstić information content (AvgIpc) is 2.62. The van der Waals surface area contributed by atoms with Crippen molar-refractivity contribution in [1.82, 2.24) is 15.5 Å². The summed E-state index contributed by atoms with van der Waals surface area (Å²) in [6.45, 7) is 14.9. The molecule has 1 aromatic rings. The number of ether oxygens (including phenoxy) is 1. The highest BCUT2D eigenvalue weighted by molar-refractivity contribution is 5.79. The van der Waals surface area contributed by atoms with E-state index in [1.54, 1.807) is 0 Å². The van der Waals surface area contributed by atoms with Gasteiger partial charge in [-0.2, -0.15) is 0 Å². The molecule has 1 aliphatic rings. The molecule has 1 fully saturated rings. The molecule has 1 saturated heterocycles. The minimum atomic E-state index is 0.443. The fraction of sp³-hybridized carbons (Fsp3) is 0.650. The van der Waals surface area contributed by atoms with Gasteiger partial charge in [-0.05, 0) is 45.2 Å². The number of morpholine rings is 1. The Bertz CT molecular complexity index is 553. The van der Waals surface area contributed by atoms with Crippen molar-refractivity contribution < 1.29 is 4.74 Å². The Hall–Kier alpha value is -1.59. The Balaban J connectivity index is 1.82. The molecule has 1 aliphatic heterocycles. The zero-order valence-electron chi connectivity index (χ0n) is 16.3. The van der Waals surface area contributed by atoms with Gasteiger partial charge in [0.25, 0.3) is 0 Å². The van der Waals surface area contributed by atoms with Crippen molar-refractivity contribution in [2.45, 2.75) is 40.2 Å². The predicted molar refractivity (Wildman–Crippen MR) is 105 cm³/mol. The van der Waals surface area contributed by atoms with Gasteiger partial charge in [0, 0.05) is 32.2 Å². The van der Waals surface area contributed by atoms with Gasteiger partial charge in [-0.25, -0.2) is 0 Å². The summed E-state index contributed by atoms with van der Waals surface area (Å²) in [5.74, 6) is 0.910. The number of rotatable bonds is 7. The minimum Gasteiger partial charge on any atom is -0.379 e. The van der Waals surface area contributed by atoms with Crippen molar-refractivity contribution in [2.75, 3.05) is 45.9 Å². The van der Waals surface area contributed by atoms with E-state index < -0.39 is 0 Å². The normalized spacial score (nSPS) is 17.4. The molecular weight excluding hydrogens is 312 g/mol. The van der Waals surface area contributed by atoms with E-state index in [9.17, 15) is 0 Å². The zero-order chi connectivity index (χ0) is 18.1. The Labute approximate surface area is 152 Å². The summed E-state index contributed by atoms with van der Waals surface area (Å²) in [4.78, 5) is 7.22. The van der Waals surface area contributed by atoms with E-state index in [1.165, 1.54) is 16.7 Å². The second-order valence-corrected chi connectivity index (χ2v) is 6.82. The Morgan fingerprint density at radius 3 is 2.68 bits per heavy atom. The van der Waals surface area contributed by atoms with Crippen LogP contribution in [0.3, 0.4) is 0 Å². The number of aryl methyl sites for hydroxylation is 2. The van der Waals surface area contributed by atoms with Gasteiger partial charge < -0.3 is 15.4 Å². The molecule has 5 heteroatoms. The van der Waals surface area contributed by atoms with E-state index in [4.69, 9.17) is 9.73 Å². The first-order valence-electron chi connectivity index (χ1n) is 9.50. The van der Waals surface area contributed by atoms with Gasteiger partial charge in [-0.3, -0.25) is 9.89 Å². The van der Waals surface area contributed by atoms with Crippen LogP contribution in [0.4, 0.5) is 0 Å². The molecule has 0 aliphatic carbocycles. The number of benzene rings is 1. The van der Waals surface area contributed by atoms with Crippen LogP contribution in [0, 0.1) is 13.8 Å². The molecule has 0 spiro atoms. The standard InChI is InChI=1S/C20H34N4O/c1-5-21-20(23-15-18(4)24-10-12-25-13-11-24)22-9-8-19-7-6-16(2)14-17(19)3/h6-7,14,18H,5,8-13,15H2,1-4H3,(H2,21,22,23). The maximum Gasteiger partial charge on any atom is 0.191 e. The van der Waals surface area contributed by atoms with Gasteiger partial charge in [0.2, 0.25) is 0 Å². The van der Waals surface area contributed by atoms with Crippen LogP contribution in [-0.4, -0.2) is 62.8 Å². The lowest BCUT2D eigenvalue weighted by Crippen LogP contribution is -2.44. The number of aliphatic imine (C=N–C) groups is 1. The lowest BCUT2D eigenvalue weighted by atomic mass is 10.0. The summed E-state index contributed by atoms with van der Waals surface area (Å²) < 4.78 is 5.42. The molecule has 1 heterocycles. The van der Waals surface area contributed by atoms with Crippen LogP contribution >= 0.6 is 0 Å². The highest BCUT2D eigenvalue weighted by Gasteiger charge is 2.16. The van der Waals surface area contributed by atoms with Crippen LogP contribution in [0.1, 0.15) is 30.5 Å². The lowest BCUT2D eigenvalue weighted by molar-refractivity contribution is 0.0220. The third-order valence-electron chi connectivity index (χ3n) is 4.71. The van der Waals surface area contributed by atoms with Gasteiger partial charge in [-0.15, -0.1) is 0 Å². The minimum absolute atomic E-state index is 0.443. The molecule has 25 heavy (non-hydrogen) atoms. The molecule has 5 nitrogen and oxygen atoms in total. The second-order valence-electron chi connectivity index (χ2n) is 6.82. The molecule has 1 aromatic carbocycles. The molecule has 2 rings (SSSR count). The fourth-order valence-corrected chi connectivity index (χ4v) is 3.14. The Kier molecular flexibility index (Phi) is 8.22. The third-order valence-corrected chi connectivity index (χ3v) is 4.71. The van der Waals surface area contributed by atoms with Crippen molar-refractivity contribution in [2.24, 2.45) is 4.99 Å². The number of nitrogens with zero attached hydrogens (tertiary/aromatic N) is 2. The molecule has 0 radical (unpaired) electrons. The van der Waals surface area contributed by atoms with Crippen LogP contribution in [0.5, 0.6) is 0 Å². The number of guanidine groups is 1. The number of hydrogen-bond acceptors (Lipinski definition) is 3. The first kappa shape index (κ1) is 19.7. The molecule has 0 saturated carbocycles. The molecule has 140 valence electrons. The Morgan fingerprint density at radius 1 is 1.24 bits per heavy atom. The molecule has 2 N–H and O–H groups in total. The predicted octanol–water partition coefficient (Wildman–Crippen LogP) is 2.12. The maximum absolute atomic E-state index is 5.42. The largest absolute Gasteiger partial charge is 0.379 e. The molecule has 1 atom stereocenters. The topological polar surface area (TPSA) is 48.9 Å². The number of hydrogen-bond donors (Lipinski definition) is 2. The van der Waals surface area contributed by atoms with E-state index in [2.05, 4.69) is 61.4 Å². The summed E-state index contributed by atoms with van der Waals surface area (Å²) in [5.41, 5.74) is 4.08. The zero-order valence-corrected chi connectivity index (χ0v) is 16.3. The van der Waals surface area contributed by atoms with Gasteiger partial charge in [0.15, 0.2) is 5.96 Å². The van der Waals surface area contributed by atoms with Crippen LogP contribution in [0.15, 0.2) is 23.2 Å². The van der Waals surface area contributed by atoms with Crippen LogP contribution in [0.25, 0.3) is 0 Å². The van der Waals surface area contributed by atoms with Gasteiger partial charge in [0.1, 0.15) is 0 Å². The van der Waals surface area contributed by atoms with Crippen molar-refractivity contribution >= 4 is 5.96 Å². The summed E-state index contributed by atoms with van der Waals surface area (Å²) >= 11 is 0. The Morgan fingerprint density at radius 2 is 2.00 bits per heavy atom. The van der Waals surface area contributed by atoms with Crippen LogP contribution in [0.2, 0.25) is 0 Å². The van der Waals surface area contributed by atoms with Gasteiger partial charge >= 0.3 is 0 Å². The van der Waals surface area contributed by atoms with E-state index >= 15 is 0 Å². The molecule has 0 aromatic heterocycles. The van der Waals surface area contributed by atoms with Crippen LogP contribution in [-0.2, 0) is 11.2 Å². The molecule has 1 unspecified atom stereocenters. The maximum atomic E-state index is 5.42. The van der Waals surface area contributed by atoms with Gasteiger partial charge in [-0.1, -0.05) is 23.8 Å². The third kappa shape index (κ3) is 6.67. The number of nitrogens with one attached hydrogen (secondary N) is 2. The lowest BCUT2D eigenvalue weighted by Gasteiger charge is -2.31. The summed E-state index contributed by atoms with van der Waals surface area (Å²) in [6.07, 6.45) is 1.01. The van der Waals surface area contributed by atoms with Crippen LogP contribution < -0.4 is 10.6 Å². The molecule has 0 bridgehead atoms. The quantitative estimate of drug-likeness (QED) is 0.586. The highest BCUT2D eigenvalue weighted by Crippen LogP contribution is 2.10. The first-order chi connectivity index (χ1) is 12.1. The average molecular weight is 347 g/mol. The molecule has 0 amide bonds. The smallest absolute Gasteiger partial charge is 0.191 e. The highest BCUT2D eigenvalue weighted by atomic mass is 16.5. The second kappa shape index (κ2) is 10.4. The fourth-order valence-electron chi connectivity index (χ4n) is 3.14. The summed E-state index contributed by atoms with van der Waals surface area (Å²) in [5, 5.41) is 6.81.